The number of aliphatic carboxylic acids is 1. The molecule has 0 aliphatic heterocycles. The second-order valence-corrected chi connectivity index (χ2v) is 8.39. The Morgan fingerprint density at radius 2 is 1.71 bits per heavy atom. The minimum atomic E-state index is -5.08. The highest BCUT2D eigenvalue weighted by Gasteiger charge is 2.38. The monoisotopic (exact) mass is 546 g/mol. The van der Waals surface area contributed by atoms with Gasteiger partial charge in [-0.05, 0) is 29.8 Å². The number of nitrogens with zero attached hydrogens (tertiary/aromatic N) is 2. The summed E-state index contributed by atoms with van der Waals surface area (Å²) in [4.78, 5) is 12.3. The fourth-order valence-electron chi connectivity index (χ4n) is 2.48. The van der Waals surface area contributed by atoms with E-state index in [4.69, 9.17) is 32.4 Å². The molecule has 3 rings (SSSR count). The van der Waals surface area contributed by atoms with Crippen LogP contribution in [-0.4, -0.2) is 40.9 Å². The number of carbonyl (C=O) groups is 1. The van der Waals surface area contributed by atoms with Gasteiger partial charge >= 0.3 is 18.3 Å². The Bertz CT molecular complexity index is 1340. The van der Waals surface area contributed by atoms with Crippen molar-refractivity contribution in [1.29, 1.82) is 0 Å². The van der Waals surface area contributed by atoms with Crippen LogP contribution >= 0.6 is 11.6 Å². The van der Waals surface area contributed by atoms with Gasteiger partial charge in [-0.25, -0.2) is 23.4 Å². The van der Waals surface area contributed by atoms with Crippen LogP contribution in [0.5, 0.6) is 0 Å². The Hall–Kier alpha value is -3.57. The highest BCUT2D eigenvalue weighted by molar-refractivity contribution is 7.89. The number of hydrogen-bond acceptors (Lipinski definition) is 7. The van der Waals surface area contributed by atoms with Crippen LogP contribution < -0.4 is 16.2 Å². The van der Waals surface area contributed by atoms with Crippen LogP contribution in [0.15, 0.2) is 41.3 Å². The van der Waals surface area contributed by atoms with Crippen LogP contribution in [0.2, 0.25) is 5.02 Å². The lowest BCUT2D eigenvalue weighted by molar-refractivity contribution is -0.192. The van der Waals surface area contributed by atoms with Crippen molar-refractivity contribution in [3.63, 3.8) is 0 Å². The van der Waals surface area contributed by atoms with Crippen molar-refractivity contribution in [2.45, 2.75) is 17.2 Å². The molecule has 0 bridgehead atoms. The first-order valence-corrected chi connectivity index (χ1v) is 10.6. The fourth-order valence-corrected chi connectivity index (χ4v) is 3.37. The van der Waals surface area contributed by atoms with Gasteiger partial charge in [0.15, 0.2) is 0 Å². The van der Waals surface area contributed by atoms with Crippen molar-refractivity contribution in [1.82, 2.24) is 15.2 Å². The van der Waals surface area contributed by atoms with E-state index in [1.54, 1.807) is 0 Å². The summed E-state index contributed by atoms with van der Waals surface area (Å²) in [6.45, 7) is 0. The van der Waals surface area contributed by atoms with Gasteiger partial charge in [0.25, 0.3) is 0 Å². The first-order valence-electron chi connectivity index (χ1n) is 8.68. The number of rotatable bonds is 4. The van der Waals surface area contributed by atoms with Crippen molar-refractivity contribution >= 4 is 45.2 Å². The van der Waals surface area contributed by atoms with Crippen LogP contribution in [-0.2, 0) is 21.0 Å². The molecule has 7 N–H and O–H groups in total. The van der Waals surface area contributed by atoms with E-state index in [1.165, 1.54) is 24.3 Å². The standard InChI is InChI=1S/C15H12ClF3N6O2S.C2HF3O2/c16-11-6-8(22-14-23-13(20)24-25-14)5-10(15(17,18)19)12(11)7-2-1-3-9(4-7)28(21,26)27;3-2(4,5)1(6)7/h1-6H,(H2,21,26,27)(H4,20,22,23,24,25);(H,6,7). The lowest BCUT2D eigenvalue weighted by Crippen LogP contribution is -2.21. The van der Waals surface area contributed by atoms with E-state index < -0.39 is 33.9 Å². The Balaban J connectivity index is 0.000000540. The molecular weight excluding hydrogens is 534 g/mol. The quantitative estimate of drug-likeness (QED) is 0.307. The number of benzene rings is 2. The molecule has 0 saturated carbocycles. The Kier molecular flexibility index (Phi) is 7.88. The molecule has 35 heavy (non-hydrogen) atoms. The van der Waals surface area contributed by atoms with Gasteiger partial charge in [0.2, 0.25) is 21.9 Å². The number of nitrogens with one attached hydrogen (secondary N) is 2. The number of alkyl halides is 6. The third kappa shape index (κ3) is 7.46. The number of carboxylic acids is 1. The number of nitrogen functional groups attached to an aromatic ring is 1. The minimum absolute atomic E-state index is 0.0268. The summed E-state index contributed by atoms with van der Waals surface area (Å²) in [7, 11) is -4.11. The molecule has 0 spiro atoms. The van der Waals surface area contributed by atoms with Gasteiger partial charge in [-0.2, -0.15) is 31.3 Å². The summed E-state index contributed by atoms with van der Waals surface area (Å²) in [6, 6.07) is 6.79. The maximum absolute atomic E-state index is 13.7. The predicted molar refractivity (Wildman–Crippen MR) is 111 cm³/mol. The van der Waals surface area contributed by atoms with E-state index in [-0.39, 0.29) is 38.6 Å². The van der Waals surface area contributed by atoms with Crippen LogP contribution in [0.3, 0.4) is 0 Å². The molecule has 1 heterocycles. The molecule has 2 aromatic carbocycles. The van der Waals surface area contributed by atoms with Gasteiger partial charge in [-0.3, -0.25) is 0 Å². The third-order valence-corrected chi connectivity index (χ3v) is 5.06. The zero-order valence-corrected chi connectivity index (χ0v) is 18.3. The van der Waals surface area contributed by atoms with Crippen LogP contribution in [0.4, 0.5) is 43.9 Å². The highest BCUT2D eigenvalue weighted by Crippen LogP contribution is 2.43. The van der Waals surface area contributed by atoms with E-state index in [2.05, 4.69) is 20.5 Å². The molecule has 18 heteroatoms. The maximum Gasteiger partial charge on any atom is 0.490 e. The zero-order valence-electron chi connectivity index (χ0n) is 16.7. The lowest BCUT2D eigenvalue weighted by Gasteiger charge is -2.17. The normalized spacial score (nSPS) is 12.0. The zero-order chi connectivity index (χ0) is 26.8. The topological polar surface area (TPSA) is 177 Å². The van der Waals surface area contributed by atoms with Gasteiger partial charge in [0.05, 0.1) is 15.5 Å². The summed E-state index contributed by atoms with van der Waals surface area (Å²) in [6.07, 6.45) is -9.87. The van der Waals surface area contributed by atoms with Crippen LogP contribution in [0, 0.1) is 0 Å². The van der Waals surface area contributed by atoms with Crippen LogP contribution in [0.1, 0.15) is 5.56 Å². The molecule has 3 aromatic rings. The van der Waals surface area contributed by atoms with E-state index in [0.29, 0.717) is 0 Å². The first-order chi connectivity index (χ1) is 15.9. The van der Waals surface area contributed by atoms with Gasteiger partial charge < -0.3 is 16.2 Å². The predicted octanol–water partition coefficient (Wildman–Crippen LogP) is 3.75. The molecule has 0 aliphatic carbocycles. The SMILES string of the molecule is Nc1nc(Nc2cc(Cl)c(-c3cccc(S(N)(=O)=O)c3)c(C(F)(F)F)c2)n[nH]1.O=C(O)C(F)(F)F. The lowest BCUT2D eigenvalue weighted by atomic mass is 9.98. The fraction of sp³-hybridized carbons (Fsp3) is 0.118. The number of hydrogen-bond donors (Lipinski definition) is 5. The molecule has 0 unspecified atom stereocenters. The second kappa shape index (κ2) is 9.96. The summed E-state index contributed by atoms with van der Waals surface area (Å²) in [5, 5.41) is 20.5. The molecule has 0 aliphatic rings. The van der Waals surface area contributed by atoms with Crippen molar-refractivity contribution < 1.29 is 44.7 Å². The molecule has 1 aromatic heterocycles. The molecule has 0 amide bonds. The van der Waals surface area contributed by atoms with E-state index in [9.17, 15) is 34.8 Å². The Morgan fingerprint density at radius 1 is 1.11 bits per heavy atom. The van der Waals surface area contributed by atoms with Gasteiger partial charge in [-0.1, -0.05) is 23.7 Å². The molecule has 190 valence electrons. The molecule has 0 saturated heterocycles. The molecule has 0 radical (unpaired) electrons. The Morgan fingerprint density at radius 3 is 2.17 bits per heavy atom. The Labute approximate surface area is 197 Å². The maximum atomic E-state index is 13.7. The number of H-pyrrole nitrogens is 1. The number of aromatic amines is 1. The molecule has 10 nitrogen and oxygen atoms in total. The highest BCUT2D eigenvalue weighted by atomic mass is 35.5. The number of aromatic nitrogens is 3. The van der Waals surface area contributed by atoms with Crippen molar-refractivity contribution in [2.24, 2.45) is 5.14 Å². The average Bonchev–Trinajstić information content (AvgIpc) is 3.10. The first kappa shape index (κ1) is 27.7. The van der Waals surface area contributed by atoms with Crippen molar-refractivity contribution in [3.8, 4) is 11.1 Å². The van der Waals surface area contributed by atoms with E-state index >= 15 is 0 Å². The number of anilines is 3. The van der Waals surface area contributed by atoms with E-state index in [0.717, 1.165) is 12.1 Å². The third-order valence-electron chi connectivity index (χ3n) is 3.85. The molecule has 0 atom stereocenters. The van der Waals surface area contributed by atoms with Crippen molar-refractivity contribution in [2.75, 3.05) is 11.1 Å². The second-order valence-electron chi connectivity index (χ2n) is 6.42. The number of primary sulfonamides is 1. The summed E-state index contributed by atoms with van der Waals surface area (Å²) in [5.74, 6) is -2.83. The smallest absolute Gasteiger partial charge is 0.475 e. The average molecular weight is 547 g/mol. The van der Waals surface area contributed by atoms with Crippen LogP contribution in [0.25, 0.3) is 11.1 Å². The minimum Gasteiger partial charge on any atom is -0.475 e. The number of sulfonamides is 1. The van der Waals surface area contributed by atoms with Gasteiger partial charge in [0, 0.05) is 11.3 Å². The van der Waals surface area contributed by atoms with E-state index in [1.807, 2.05) is 0 Å². The largest absolute Gasteiger partial charge is 0.490 e. The van der Waals surface area contributed by atoms with Crippen molar-refractivity contribution in [3.05, 3.63) is 47.0 Å². The summed E-state index contributed by atoms with van der Waals surface area (Å²) >= 11 is 6.12. The number of nitrogens with two attached hydrogens (primary N) is 2. The summed E-state index contributed by atoms with van der Waals surface area (Å²) < 4.78 is 95.8. The molecule has 0 fully saturated rings. The van der Waals surface area contributed by atoms with Gasteiger partial charge in [-0.15, -0.1) is 5.10 Å². The number of carboxylic acid groups (broad SMARTS) is 1. The van der Waals surface area contributed by atoms with Gasteiger partial charge in [0.1, 0.15) is 0 Å². The molecular formula is C17H13ClF6N6O4S. The summed E-state index contributed by atoms with van der Waals surface area (Å²) in [5.41, 5.74) is 3.80. The number of halogens is 7.